The van der Waals surface area contributed by atoms with Gasteiger partial charge < -0.3 is 15.0 Å². The fraction of sp³-hybridized carbons (Fsp3) is 0.381. The molecule has 1 aliphatic rings. The van der Waals surface area contributed by atoms with Crippen molar-refractivity contribution in [1.82, 2.24) is 9.80 Å². The van der Waals surface area contributed by atoms with Crippen LogP contribution in [0.3, 0.4) is 0 Å². The Morgan fingerprint density at radius 3 is 2.42 bits per heavy atom. The molecule has 1 amide bonds. The van der Waals surface area contributed by atoms with Crippen LogP contribution in [0.1, 0.15) is 21.5 Å². The van der Waals surface area contributed by atoms with E-state index >= 15 is 0 Å². The topological polar surface area (TPSA) is 44.8 Å². The molecule has 26 heavy (non-hydrogen) atoms. The Kier molecular flexibility index (Phi) is 5.91. The second kappa shape index (κ2) is 8.34. The zero-order valence-electron chi connectivity index (χ0n) is 15.8. The molecule has 5 nitrogen and oxygen atoms in total. The van der Waals surface area contributed by atoms with Crippen molar-refractivity contribution in [3.8, 4) is 5.75 Å². The third-order valence-corrected chi connectivity index (χ3v) is 4.88. The first-order valence-electron chi connectivity index (χ1n) is 9.01. The number of nitrogens with zero attached hydrogens (tertiary/aromatic N) is 2. The number of anilines is 1. The van der Waals surface area contributed by atoms with Crippen molar-refractivity contribution < 1.29 is 9.53 Å². The maximum atomic E-state index is 12.4. The molecule has 0 bridgehead atoms. The van der Waals surface area contributed by atoms with E-state index in [0.717, 1.165) is 49.7 Å². The Balaban J connectivity index is 1.59. The number of rotatable bonds is 5. The van der Waals surface area contributed by atoms with Crippen LogP contribution in [0.25, 0.3) is 0 Å². The van der Waals surface area contributed by atoms with Crippen molar-refractivity contribution in [3.63, 3.8) is 0 Å². The van der Waals surface area contributed by atoms with Gasteiger partial charge in [0.25, 0.3) is 5.91 Å². The zero-order valence-corrected chi connectivity index (χ0v) is 15.8. The van der Waals surface area contributed by atoms with Gasteiger partial charge in [-0.2, -0.15) is 0 Å². The van der Waals surface area contributed by atoms with E-state index in [2.05, 4.69) is 34.3 Å². The molecule has 0 atom stereocenters. The predicted molar refractivity (Wildman–Crippen MR) is 105 cm³/mol. The first kappa shape index (κ1) is 18.4. The largest absolute Gasteiger partial charge is 0.496 e. The number of piperazine rings is 1. The van der Waals surface area contributed by atoms with E-state index in [-0.39, 0.29) is 5.91 Å². The molecule has 5 heteroatoms. The summed E-state index contributed by atoms with van der Waals surface area (Å²) >= 11 is 0. The molecule has 2 aromatic carbocycles. The minimum atomic E-state index is -0.130. The molecule has 1 aliphatic heterocycles. The van der Waals surface area contributed by atoms with Crippen molar-refractivity contribution in [2.45, 2.75) is 13.5 Å². The maximum Gasteiger partial charge on any atom is 0.255 e. The molecule has 0 radical (unpaired) electrons. The highest BCUT2D eigenvalue weighted by Gasteiger charge is 2.14. The van der Waals surface area contributed by atoms with Gasteiger partial charge in [-0.05, 0) is 49.4 Å². The van der Waals surface area contributed by atoms with Crippen LogP contribution in [-0.2, 0) is 6.54 Å². The lowest BCUT2D eigenvalue weighted by Gasteiger charge is -2.32. The fourth-order valence-corrected chi connectivity index (χ4v) is 3.12. The van der Waals surface area contributed by atoms with Gasteiger partial charge in [-0.1, -0.05) is 18.2 Å². The molecule has 2 aromatic rings. The molecule has 138 valence electrons. The van der Waals surface area contributed by atoms with Crippen LogP contribution >= 0.6 is 0 Å². The van der Waals surface area contributed by atoms with Crippen LogP contribution in [0.2, 0.25) is 0 Å². The number of hydrogen-bond donors (Lipinski definition) is 1. The monoisotopic (exact) mass is 353 g/mol. The number of ether oxygens (including phenoxy) is 1. The summed E-state index contributed by atoms with van der Waals surface area (Å²) in [5, 5.41) is 2.95. The van der Waals surface area contributed by atoms with E-state index in [1.807, 2.05) is 31.2 Å². The number of benzene rings is 2. The first-order chi connectivity index (χ1) is 12.5. The number of methoxy groups -OCH3 is 1. The quantitative estimate of drug-likeness (QED) is 0.898. The molecule has 0 unspecified atom stereocenters. The van der Waals surface area contributed by atoms with E-state index in [9.17, 15) is 4.79 Å². The molecule has 0 aliphatic carbocycles. The van der Waals surface area contributed by atoms with E-state index < -0.39 is 0 Å². The van der Waals surface area contributed by atoms with Crippen molar-refractivity contribution in [2.24, 2.45) is 0 Å². The fourth-order valence-electron chi connectivity index (χ4n) is 3.12. The molecular formula is C21H27N3O2. The van der Waals surface area contributed by atoms with Crippen LogP contribution < -0.4 is 10.1 Å². The maximum absolute atomic E-state index is 12.4. The molecule has 1 saturated heterocycles. The second-order valence-corrected chi connectivity index (χ2v) is 6.91. The average molecular weight is 353 g/mol. The van der Waals surface area contributed by atoms with E-state index in [4.69, 9.17) is 4.74 Å². The van der Waals surface area contributed by atoms with Crippen LogP contribution in [0.15, 0.2) is 42.5 Å². The Bertz CT molecular complexity index is 750. The summed E-state index contributed by atoms with van der Waals surface area (Å²) in [4.78, 5) is 17.3. The van der Waals surface area contributed by atoms with Gasteiger partial charge in [-0.15, -0.1) is 0 Å². The van der Waals surface area contributed by atoms with Crippen molar-refractivity contribution in [3.05, 3.63) is 59.2 Å². The molecular weight excluding hydrogens is 326 g/mol. The summed E-state index contributed by atoms with van der Waals surface area (Å²) in [5.74, 6) is 0.593. The van der Waals surface area contributed by atoms with E-state index in [1.165, 1.54) is 5.56 Å². The molecule has 0 spiro atoms. The highest BCUT2D eigenvalue weighted by Crippen LogP contribution is 2.20. The van der Waals surface area contributed by atoms with E-state index in [1.54, 1.807) is 13.2 Å². The molecule has 1 fully saturated rings. The molecule has 1 N–H and O–H groups in total. The lowest BCUT2D eigenvalue weighted by atomic mass is 10.1. The van der Waals surface area contributed by atoms with Gasteiger partial charge in [0.2, 0.25) is 0 Å². The number of likely N-dealkylation sites (N-methyl/N-ethyl adjacent to an activating group) is 1. The summed E-state index contributed by atoms with van der Waals surface area (Å²) in [6, 6.07) is 13.6. The summed E-state index contributed by atoms with van der Waals surface area (Å²) < 4.78 is 5.29. The highest BCUT2D eigenvalue weighted by atomic mass is 16.5. The molecule has 0 saturated carbocycles. The standard InChI is InChI=1S/C21H27N3O2/c1-16-4-7-18(14-20(16)26-3)21(25)22-19-8-5-17(6-9-19)15-24-12-10-23(2)11-13-24/h4-9,14H,10-13,15H2,1-3H3,(H,22,25). The number of nitrogens with one attached hydrogen (secondary N) is 1. The van der Waals surface area contributed by atoms with Gasteiger partial charge in [0.1, 0.15) is 5.75 Å². The van der Waals surface area contributed by atoms with Gasteiger partial charge in [-0.3, -0.25) is 9.69 Å². The van der Waals surface area contributed by atoms with Gasteiger partial charge in [0, 0.05) is 44.0 Å². The van der Waals surface area contributed by atoms with Crippen LogP contribution in [0.4, 0.5) is 5.69 Å². The SMILES string of the molecule is COc1cc(C(=O)Nc2ccc(CN3CCN(C)CC3)cc2)ccc1C. The molecule has 1 heterocycles. The third-order valence-electron chi connectivity index (χ3n) is 4.88. The number of amides is 1. The Labute approximate surface area is 155 Å². The number of carbonyl (C=O) groups is 1. The highest BCUT2D eigenvalue weighted by molar-refractivity contribution is 6.04. The molecule has 3 rings (SSSR count). The number of hydrogen-bond acceptors (Lipinski definition) is 4. The van der Waals surface area contributed by atoms with Crippen molar-refractivity contribution in [1.29, 1.82) is 0 Å². The average Bonchev–Trinajstić information content (AvgIpc) is 2.65. The van der Waals surface area contributed by atoms with Crippen LogP contribution in [0.5, 0.6) is 5.75 Å². The van der Waals surface area contributed by atoms with Crippen LogP contribution in [-0.4, -0.2) is 56.0 Å². The van der Waals surface area contributed by atoms with Gasteiger partial charge >= 0.3 is 0 Å². The number of aryl methyl sites for hydroxylation is 1. The Morgan fingerprint density at radius 1 is 1.08 bits per heavy atom. The van der Waals surface area contributed by atoms with Gasteiger partial charge in [0.15, 0.2) is 0 Å². The first-order valence-corrected chi connectivity index (χ1v) is 9.01. The summed E-state index contributed by atoms with van der Waals surface area (Å²) in [6.07, 6.45) is 0. The minimum Gasteiger partial charge on any atom is -0.496 e. The summed E-state index contributed by atoms with van der Waals surface area (Å²) in [7, 11) is 3.78. The third kappa shape index (κ3) is 4.62. The summed E-state index contributed by atoms with van der Waals surface area (Å²) in [6.45, 7) is 7.35. The zero-order chi connectivity index (χ0) is 18.5. The lowest BCUT2D eigenvalue weighted by molar-refractivity contribution is 0.102. The Morgan fingerprint density at radius 2 is 1.77 bits per heavy atom. The van der Waals surface area contributed by atoms with Crippen molar-refractivity contribution >= 4 is 11.6 Å². The van der Waals surface area contributed by atoms with E-state index in [0.29, 0.717) is 5.56 Å². The van der Waals surface area contributed by atoms with Gasteiger partial charge in [-0.25, -0.2) is 0 Å². The summed E-state index contributed by atoms with van der Waals surface area (Å²) in [5.41, 5.74) is 3.67. The lowest BCUT2D eigenvalue weighted by Crippen LogP contribution is -2.43. The normalized spacial score (nSPS) is 15.7. The predicted octanol–water partition coefficient (Wildman–Crippen LogP) is 3.00. The number of carbonyl (C=O) groups excluding carboxylic acids is 1. The van der Waals surface area contributed by atoms with Gasteiger partial charge in [0.05, 0.1) is 7.11 Å². The second-order valence-electron chi connectivity index (χ2n) is 6.91. The van der Waals surface area contributed by atoms with Crippen molar-refractivity contribution in [2.75, 3.05) is 45.7 Å². The Hall–Kier alpha value is -2.37. The molecule has 0 aromatic heterocycles. The smallest absolute Gasteiger partial charge is 0.255 e. The van der Waals surface area contributed by atoms with Crippen LogP contribution in [0, 0.1) is 6.92 Å². The minimum absolute atomic E-state index is 0.130.